The van der Waals surface area contributed by atoms with E-state index in [1.165, 1.54) is 0 Å². The maximum atomic E-state index is 10.6. The summed E-state index contributed by atoms with van der Waals surface area (Å²) in [5.41, 5.74) is 1.55. The molecule has 5 heteroatoms. The lowest BCUT2D eigenvalue weighted by Crippen LogP contribution is -2.32. The third-order valence-electron chi connectivity index (χ3n) is 1.95. The topological polar surface area (TPSA) is 65.8 Å². The summed E-state index contributed by atoms with van der Waals surface area (Å²) in [6.45, 7) is 0.334. The van der Waals surface area contributed by atoms with Crippen LogP contribution in [0, 0.1) is 0 Å². The highest BCUT2D eigenvalue weighted by Crippen LogP contribution is 2.19. The molecule has 5 nitrogen and oxygen atoms in total. The van der Waals surface area contributed by atoms with Crippen molar-refractivity contribution in [3.8, 4) is 0 Å². The number of aliphatic imine (C=N–C) groups is 1. The number of carboxylic acid groups (broad SMARTS) is 1. The summed E-state index contributed by atoms with van der Waals surface area (Å²) in [5.74, 6) is -0.864. The van der Waals surface area contributed by atoms with Gasteiger partial charge in [0, 0.05) is 6.20 Å². The largest absolute Gasteiger partial charge is 0.480 e. The van der Waals surface area contributed by atoms with Gasteiger partial charge >= 0.3 is 5.97 Å². The molecule has 0 fully saturated rings. The first kappa shape index (κ1) is 8.68. The summed E-state index contributed by atoms with van der Waals surface area (Å²) < 4.78 is 0. The van der Waals surface area contributed by atoms with E-state index in [0.717, 1.165) is 11.4 Å². The van der Waals surface area contributed by atoms with Crippen molar-refractivity contribution in [1.29, 1.82) is 0 Å². The molecule has 1 aliphatic rings. The van der Waals surface area contributed by atoms with Gasteiger partial charge in [0.05, 0.1) is 11.9 Å². The quantitative estimate of drug-likeness (QED) is 0.733. The molecule has 0 radical (unpaired) electrons. The van der Waals surface area contributed by atoms with Crippen LogP contribution < -0.4 is 4.90 Å². The fourth-order valence-corrected chi connectivity index (χ4v) is 1.38. The van der Waals surface area contributed by atoms with Crippen LogP contribution in [0.2, 0.25) is 0 Å². The predicted molar refractivity (Wildman–Crippen MR) is 51.7 cm³/mol. The first-order valence-corrected chi connectivity index (χ1v) is 4.19. The predicted octanol–water partition coefficient (Wildman–Crippen LogP) is 0.363. The van der Waals surface area contributed by atoms with E-state index in [0.29, 0.717) is 6.67 Å². The van der Waals surface area contributed by atoms with Crippen LogP contribution in [0.3, 0.4) is 0 Å². The number of nitrogens with zero attached hydrogens (tertiary/aromatic N) is 3. The Labute approximate surface area is 80.7 Å². The number of carbonyl (C=O) groups is 1. The van der Waals surface area contributed by atoms with Crippen molar-refractivity contribution >= 4 is 17.9 Å². The normalized spacial score (nSPS) is 13.9. The van der Waals surface area contributed by atoms with Crippen molar-refractivity contribution < 1.29 is 9.90 Å². The second kappa shape index (κ2) is 3.45. The molecule has 2 heterocycles. The van der Waals surface area contributed by atoms with Crippen LogP contribution in [0.25, 0.3) is 0 Å². The number of pyridine rings is 1. The van der Waals surface area contributed by atoms with Crippen molar-refractivity contribution in [3.63, 3.8) is 0 Å². The number of anilines is 1. The zero-order valence-electron chi connectivity index (χ0n) is 7.42. The molecular weight excluding hydrogens is 182 g/mol. The van der Waals surface area contributed by atoms with Gasteiger partial charge in [-0.05, 0) is 12.1 Å². The molecule has 0 aliphatic carbocycles. The van der Waals surface area contributed by atoms with Crippen LogP contribution in [0.15, 0.2) is 23.3 Å². The van der Waals surface area contributed by atoms with Gasteiger partial charge in [0.15, 0.2) is 0 Å². The van der Waals surface area contributed by atoms with Gasteiger partial charge in [-0.15, -0.1) is 0 Å². The van der Waals surface area contributed by atoms with E-state index in [4.69, 9.17) is 5.11 Å². The molecule has 0 amide bonds. The van der Waals surface area contributed by atoms with E-state index in [-0.39, 0.29) is 6.54 Å². The van der Waals surface area contributed by atoms with Crippen molar-refractivity contribution in [2.24, 2.45) is 4.99 Å². The SMILES string of the molecule is O=C(O)CN1CN=Cc2ncccc21. The van der Waals surface area contributed by atoms with E-state index in [9.17, 15) is 4.79 Å². The van der Waals surface area contributed by atoms with Crippen LogP contribution in [0.1, 0.15) is 5.69 Å². The lowest BCUT2D eigenvalue weighted by molar-refractivity contribution is -0.135. The maximum absolute atomic E-state index is 10.6. The van der Waals surface area contributed by atoms with Gasteiger partial charge in [-0.1, -0.05) is 0 Å². The van der Waals surface area contributed by atoms with Crippen molar-refractivity contribution in [3.05, 3.63) is 24.0 Å². The van der Waals surface area contributed by atoms with Crippen LogP contribution in [-0.2, 0) is 4.79 Å². The Balaban J connectivity index is 2.31. The lowest BCUT2D eigenvalue weighted by atomic mass is 10.2. The summed E-state index contributed by atoms with van der Waals surface area (Å²) in [7, 11) is 0. The van der Waals surface area contributed by atoms with E-state index < -0.39 is 5.97 Å². The van der Waals surface area contributed by atoms with Crippen molar-refractivity contribution in [2.75, 3.05) is 18.1 Å². The van der Waals surface area contributed by atoms with Crippen LogP contribution in [0.4, 0.5) is 5.69 Å². The van der Waals surface area contributed by atoms with Gasteiger partial charge in [0.2, 0.25) is 0 Å². The number of hydrogen-bond donors (Lipinski definition) is 1. The average Bonchev–Trinajstić information content (AvgIpc) is 2.18. The molecule has 72 valence electrons. The zero-order chi connectivity index (χ0) is 9.97. The average molecular weight is 191 g/mol. The van der Waals surface area contributed by atoms with E-state index >= 15 is 0 Å². The summed E-state index contributed by atoms with van der Waals surface area (Å²) in [4.78, 5) is 20.4. The number of aromatic nitrogens is 1. The van der Waals surface area contributed by atoms with E-state index in [1.54, 1.807) is 23.4 Å². The molecule has 1 aromatic heterocycles. The Morgan fingerprint density at radius 1 is 1.64 bits per heavy atom. The van der Waals surface area contributed by atoms with Crippen molar-refractivity contribution in [1.82, 2.24) is 4.98 Å². The minimum Gasteiger partial charge on any atom is -0.480 e. The number of aliphatic carboxylic acids is 1. The fraction of sp³-hybridized carbons (Fsp3) is 0.222. The Morgan fingerprint density at radius 3 is 3.29 bits per heavy atom. The van der Waals surface area contributed by atoms with Gasteiger partial charge in [-0.25, -0.2) is 0 Å². The van der Waals surface area contributed by atoms with Gasteiger partial charge in [0.1, 0.15) is 18.9 Å². The minimum atomic E-state index is -0.864. The Bertz CT molecular complexity index is 389. The Hall–Kier alpha value is -1.91. The third-order valence-corrected chi connectivity index (χ3v) is 1.95. The first-order valence-electron chi connectivity index (χ1n) is 4.19. The molecule has 1 aromatic rings. The number of carboxylic acids is 1. The molecular formula is C9H9N3O2. The summed E-state index contributed by atoms with van der Waals surface area (Å²) >= 11 is 0. The highest BCUT2D eigenvalue weighted by Gasteiger charge is 2.16. The maximum Gasteiger partial charge on any atom is 0.323 e. The monoisotopic (exact) mass is 191 g/mol. The first-order chi connectivity index (χ1) is 6.77. The number of fused-ring (bicyclic) bond motifs is 1. The smallest absolute Gasteiger partial charge is 0.323 e. The molecule has 0 saturated heterocycles. The lowest BCUT2D eigenvalue weighted by Gasteiger charge is -2.24. The van der Waals surface area contributed by atoms with Gasteiger partial charge < -0.3 is 10.0 Å². The van der Waals surface area contributed by atoms with E-state index in [2.05, 4.69) is 9.98 Å². The molecule has 0 atom stereocenters. The molecule has 0 spiro atoms. The highest BCUT2D eigenvalue weighted by molar-refractivity contribution is 5.88. The molecule has 0 saturated carbocycles. The third kappa shape index (κ3) is 1.56. The Kier molecular flexibility index (Phi) is 2.14. The molecule has 1 aliphatic heterocycles. The zero-order valence-corrected chi connectivity index (χ0v) is 7.42. The van der Waals surface area contributed by atoms with Gasteiger partial charge in [-0.3, -0.25) is 14.8 Å². The summed E-state index contributed by atoms with van der Waals surface area (Å²) in [6.07, 6.45) is 3.32. The molecule has 0 unspecified atom stereocenters. The van der Waals surface area contributed by atoms with Crippen LogP contribution >= 0.6 is 0 Å². The van der Waals surface area contributed by atoms with Crippen LogP contribution in [0.5, 0.6) is 0 Å². The van der Waals surface area contributed by atoms with Gasteiger partial charge in [-0.2, -0.15) is 0 Å². The fourth-order valence-electron chi connectivity index (χ4n) is 1.38. The molecule has 1 N–H and O–H groups in total. The molecule has 0 aromatic carbocycles. The van der Waals surface area contributed by atoms with Crippen LogP contribution in [-0.4, -0.2) is 35.5 Å². The van der Waals surface area contributed by atoms with Gasteiger partial charge in [0.25, 0.3) is 0 Å². The summed E-state index contributed by atoms with van der Waals surface area (Å²) in [6, 6.07) is 3.63. The molecule has 0 bridgehead atoms. The second-order valence-corrected chi connectivity index (χ2v) is 2.95. The highest BCUT2D eigenvalue weighted by atomic mass is 16.4. The number of hydrogen-bond acceptors (Lipinski definition) is 4. The summed E-state index contributed by atoms with van der Waals surface area (Å²) in [5, 5.41) is 8.68. The number of rotatable bonds is 2. The molecule has 14 heavy (non-hydrogen) atoms. The second-order valence-electron chi connectivity index (χ2n) is 2.95. The standard InChI is InChI=1S/C9H9N3O2/c13-9(14)5-12-6-10-4-7-8(12)2-1-3-11-7/h1-4H,5-6H2,(H,13,14). The molecule has 2 rings (SSSR count). The van der Waals surface area contributed by atoms with E-state index in [1.807, 2.05) is 6.07 Å². The Morgan fingerprint density at radius 2 is 2.50 bits per heavy atom. The minimum absolute atomic E-state index is 0.0456. The van der Waals surface area contributed by atoms with Crippen molar-refractivity contribution in [2.45, 2.75) is 0 Å².